The molecule has 1 aliphatic carbocycles. The van der Waals surface area contributed by atoms with E-state index in [4.69, 9.17) is 5.11 Å². The Bertz CT molecular complexity index is 1210. The molecule has 162 valence electrons. The molecule has 0 unspecified atom stereocenters. The minimum Gasteiger partial charge on any atom is -0.395 e. The van der Waals surface area contributed by atoms with Crippen molar-refractivity contribution in [1.29, 1.82) is 0 Å². The molecule has 9 heteroatoms. The van der Waals surface area contributed by atoms with Crippen molar-refractivity contribution in [2.75, 3.05) is 42.6 Å². The number of aliphatic hydroxyl groups is 1. The molecule has 31 heavy (non-hydrogen) atoms. The molecule has 1 N–H and O–H groups in total. The van der Waals surface area contributed by atoms with Crippen LogP contribution in [0.15, 0.2) is 46.5 Å². The van der Waals surface area contributed by atoms with E-state index in [0.717, 1.165) is 25.3 Å². The quantitative estimate of drug-likeness (QED) is 0.624. The summed E-state index contributed by atoms with van der Waals surface area (Å²) < 4.78 is 3.22. The van der Waals surface area contributed by atoms with E-state index in [1.807, 2.05) is 12.1 Å². The molecule has 0 atom stereocenters. The summed E-state index contributed by atoms with van der Waals surface area (Å²) in [5, 5.41) is 9.63. The van der Waals surface area contributed by atoms with Gasteiger partial charge in [0.1, 0.15) is 0 Å². The monoisotopic (exact) mass is 422 g/mol. The first-order chi connectivity index (χ1) is 15.1. The average molecular weight is 422 g/mol. The Morgan fingerprint density at radius 3 is 2.48 bits per heavy atom. The van der Waals surface area contributed by atoms with E-state index in [2.05, 4.69) is 19.8 Å². The minimum atomic E-state index is -0.145. The van der Waals surface area contributed by atoms with Gasteiger partial charge in [0.15, 0.2) is 5.82 Å². The second-order valence-electron chi connectivity index (χ2n) is 8.29. The predicted octanol–water partition coefficient (Wildman–Crippen LogP) is 0.682. The third-order valence-corrected chi connectivity index (χ3v) is 6.14. The molecule has 0 radical (unpaired) electrons. The van der Waals surface area contributed by atoms with E-state index in [1.165, 1.54) is 23.7 Å². The van der Waals surface area contributed by atoms with Crippen LogP contribution < -0.4 is 20.9 Å². The molecule has 3 aromatic rings. The molecule has 0 amide bonds. The van der Waals surface area contributed by atoms with Gasteiger partial charge in [-0.25, -0.2) is 9.97 Å². The molecule has 1 aliphatic heterocycles. The van der Waals surface area contributed by atoms with Crippen LogP contribution in [0.1, 0.15) is 12.8 Å². The molecule has 9 nitrogen and oxygen atoms in total. The van der Waals surface area contributed by atoms with Crippen molar-refractivity contribution in [2.45, 2.75) is 25.9 Å². The third-order valence-electron chi connectivity index (χ3n) is 6.14. The van der Waals surface area contributed by atoms with Crippen LogP contribution in [-0.2, 0) is 13.1 Å². The number of benzene rings is 1. The number of piperazine rings is 1. The highest BCUT2D eigenvalue weighted by molar-refractivity contribution is 5.81. The molecular formula is C22H26N6O3. The van der Waals surface area contributed by atoms with Crippen molar-refractivity contribution in [1.82, 2.24) is 19.1 Å². The van der Waals surface area contributed by atoms with Gasteiger partial charge in [0.05, 0.1) is 30.4 Å². The van der Waals surface area contributed by atoms with Crippen molar-refractivity contribution in [2.24, 2.45) is 5.92 Å². The zero-order chi connectivity index (χ0) is 21.4. The Morgan fingerprint density at radius 1 is 0.968 bits per heavy atom. The number of hydrogen-bond acceptors (Lipinski definition) is 7. The molecule has 1 saturated carbocycles. The Labute approximate surface area is 179 Å². The third kappa shape index (κ3) is 3.93. The van der Waals surface area contributed by atoms with Gasteiger partial charge in [-0.3, -0.25) is 14.2 Å². The van der Waals surface area contributed by atoms with Gasteiger partial charge in [-0.05, 0) is 37.0 Å². The summed E-state index contributed by atoms with van der Waals surface area (Å²) in [6, 6.07) is 5.67. The first-order valence-corrected chi connectivity index (χ1v) is 10.8. The zero-order valence-electron chi connectivity index (χ0n) is 17.4. The van der Waals surface area contributed by atoms with Gasteiger partial charge in [-0.15, -0.1) is 0 Å². The lowest BCUT2D eigenvalue weighted by Crippen LogP contribution is -2.48. The van der Waals surface area contributed by atoms with Crippen LogP contribution in [-0.4, -0.2) is 57.0 Å². The normalized spacial score (nSPS) is 16.8. The molecule has 2 fully saturated rings. The van der Waals surface area contributed by atoms with Crippen LogP contribution in [0.4, 0.5) is 11.5 Å². The molecule has 2 aromatic heterocycles. The van der Waals surface area contributed by atoms with Crippen molar-refractivity contribution in [3.05, 3.63) is 57.6 Å². The van der Waals surface area contributed by atoms with Crippen molar-refractivity contribution in [3.63, 3.8) is 0 Å². The number of nitrogens with zero attached hydrogens (tertiary/aromatic N) is 6. The second-order valence-corrected chi connectivity index (χ2v) is 8.29. The predicted molar refractivity (Wildman–Crippen MR) is 119 cm³/mol. The van der Waals surface area contributed by atoms with Crippen LogP contribution in [0.3, 0.4) is 0 Å². The largest absolute Gasteiger partial charge is 0.395 e. The van der Waals surface area contributed by atoms with Crippen LogP contribution in [0.2, 0.25) is 0 Å². The van der Waals surface area contributed by atoms with Gasteiger partial charge in [-0.1, -0.05) is 0 Å². The maximum atomic E-state index is 12.8. The fourth-order valence-electron chi connectivity index (χ4n) is 4.16. The number of aliphatic hydroxyl groups excluding tert-OH is 1. The van der Waals surface area contributed by atoms with E-state index in [-0.39, 0.29) is 24.3 Å². The second kappa shape index (κ2) is 8.14. The molecular weight excluding hydrogens is 396 g/mol. The van der Waals surface area contributed by atoms with Crippen LogP contribution >= 0.6 is 0 Å². The standard InChI is InChI=1S/C22H26N6O3/c29-12-11-28-15-24-19-13-17(3-4-18(19)21(28)30)25-7-9-26(10-8-25)20-22(31)27(6-5-23-20)14-16-1-2-16/h3-6,13,15-16,29H,1-2,7-12,14H2. The number of fused-ring (bicyclic) bond motifs is 1. The van der Waals surface area contributed by atoms with Crippen molar-refractivity contribution in [3.8, 4) is 0 Å². The van der Waals surface area contributed by atoms with E-state index in [1.54, 1.807) is 23.0 Å². The molecule has 3 heterocycles. The highest BCUT2D eigenvalue weighted by Gasteiger charge is 2.25. The van der Waals surface area contributed by atoms with E-state index < -0.39 is 0 Å². The van der Waals surface area contributed by atoms with E-state index in [9.17, 15) is 9.59 Å². The topological polar surface area (TPSA) is 96.5 Å². The van der Waals surface area contributed by atoms with Gasteiger partial charge >= 0.3 is 0 Å². The SMILES string of the molecule is O=c1c(N2CCN(c3ccc4c(=O)n(CCO)cnc4c3)CC2)nccn1CC1CC1. The van der Waals surface area contributed by atoms with Crippen LogP contribution in [0, 0.1) is 5.92 Å². The fraction of sp³-hybridized carbons (Fsp3) is 0.455. The number of hydrogen-bond donors (Lipinski definition) is 1. The molecule has 5 rings (SSSR count). The van der Waals surface area contributed by atoms with Gasteiger partial charge in [0.25, 0.3) is 11.1 Å². The molecule has 1 saturated heterocycles. The summed E-state index contributed by atoms with van der Waals surface area (Å²) in [5.74, 6) is 1.17. The lowest BCUT2D eigenvalue weighted by molar-refractivity contribution is 0.274. The summed E-state index contributed by atoms with van der Waals surface area (Å²) in [7, 11) is 0. The van der Waals surface area contributed by atoms with Crippen molar-refractivity contribution < 1.29 is 5.11 Å². The smallest absolute Gasteiger partial charge is 0.293 e. The minimum absolute atomic E-state index is 0.00286. The number of rotatable bonds is 6. The number of anilines is 2. The van der Waals surface area contributed by atoms with Crippen molar-refractivity contribution >= 4 is 22.4 Å². The molecule has 0 spiro atoms. The Balaban J connectivity index is 1.31. The summed E-state index contributed by atoms with van der Waals surface area (Å²) in [5.41, 5.74) is 1.50. The van der Waals surface area contributed by atoms with Gasteiger partial charge in [0.2, 0.25) is 0 Å². The average Bonchev–Trinajstić information content (AvgIpc) is 3.61. The summed E-state index contributed by atoms with van der Waals surface area (Å²) in [4.78, 5) is 38.4. The van der Waals surface area contributed by atoms with Gasteiger partial charge < -0.3 is 19.5 Å². The molecule has 1 aromatic carbocycles. The Morgan fingerprint density at radius 2 is 1.74 bits per heavy atom. The lowest BCUT2D eigenvalue weighted by atomic mass is 10.2. The Kier molecular flexibility index (Phi) is 5.19. The van der Waals surface area contributed by atoms with E-state index in [0.29, 0.717) is 35.7 Å². The van der Waals surface area contributed by atoms with E-state index >= 15 is 0 Å². The number of aromatic nitrogens is 4. The first-order valence-electron chi connectivity index (χ1n) is 10.8. The maximum Gasteiger partial charge on any atom is 0.293 e. The zero-order valence-corrected chi connectivity index (χ0v) is 17.4. The molecule has 2 aliphatic rings. The lowest BCUT2D eigenvalue weighted by Gasteiger charge is -2.36. The highest BCUT2D eigenvalue weighted by atomic mass is 16.3. The maximum absolute atomic E-state index is 12.8. The highest BCUT2D eigenvalue weighted by Crippen LogP contribution is 2.30. The van der Waals surface area contributed by atoms with Crippen LogP contribution in [0.25, 0.3) is 10.9 Å². The summed E-state index contributed by atoms with van der Waals surface area (Å²) in [6.45, 7) is 3.85. The fourth-order valence-corrected chi connectivity index (χ4v) is 4.16. The van der Waals surface area contributed by atoms with Crippen LogP contribution in [0.5, 0.6) is 0 Å². The summed E-state index contributed by atoms with van der Waals surface area (Å²) >= 11 is 0. The van der Waals surface area contributed by atoms with Gasteiger partial charge in [-0.2, -0.15) is 0 Å². The summed E-state index contributed by atoms with van der Waals surface area (Å²) in [6.07, 6.45) is 7.41. The Hall–Kier alpha value is -3.20. The van der Waals surface area contributed by atoms with Gasteiger partial charge in [0, 0.05) is 50.8 Å². The molecule has 0 bridgehead atoms. The first kappa shape index (κ1) is 19.7.